The molecule has 0 bridgehead atoms. The highest BCUT2D eigenvalue weighted by Gasteiger charge is 2.54. The van der Waals surface area contributed by atoms with Crippen LogP contribution in [0.3, 0.4) is 0 Å². The Bertz CT molecular complexity index is 555. The molecule has 2 heterocycles. The molecular weight excluding hydrogens is 344 g/mol. The lowest BCUT2D eigenvalue weighted by Gasteiger charge is -2.40. The monoisotopic (exact) mass is 372 g/mol. The minimum atomic E-state index is -1.14. The van der Waals surface area contributed by atoms with Crippen molar-refractivity contribution >= 4 is 18.0 Å². The van der Waals surface area contributed by atoms with Gasteiger partial charge in [-0.2, -0.15) is 0 Å². The van der Waals surface area contributed by atoms with Crippen LogP contribution < -0.4 is 5.32 Å². The van der Waals surface area contributed by atoms with Crippen LogP contribution >= 0.6 is 0 Å². The lowest BCUT2D eigenvalue weighted by molar-refractivity contribution is -0.303. The van der Waals surface area contributed by atoms with Crippen molar-refractivity contribution in [3.05, 3.63) is 0 Å². The number of amides is 2. The van der Waals surface area contributed by atoms with E-state index in [1.807, 2.05) is 13.8 Å². The van der Waals surface area contributed by atoms with E-state index in [1.54, 1.807) is 13.8 Å². The zero-order chi connectivity index (χ0) is 19.6. The first-order valence-corrected chi connectivity index (χ1v) is 8.82. The third-order valence-corrected chi connectivity index (χ3v) is 4.75. The second-order valence-corrected chi connectivity index (χ2v) is 7.39. The van der Waals surface area contributed by atoms with Gasteiger partial charge in [0.1, 0.15) is 12.1 Å². The van der Waals surface area contributed by atoms with E-state index in [0.29, 0.717) is 6.42 Å². The van der Waals surface area contributed by atoms with Gasteiger partial charge in [0.15, 0.2) is 5.79 Å². The Morgan fingerprint density at radius 3 is 2.27 bits per heavy atom. The predicted octanol–water partition coefficient (Wildman–Crippen LogP) is 0.963. The molecule has 2 rings (SSSR count). The molecule has 148 valence electrons. The number of nitrogens with zero attached hydrogens (tertiary/aromatic N) is 1. The van der Waals surface area contributed by atoms with Gasteiger partial charge in [0.2, 0.25) is 5.91 Å². The standard InChI is InChI=1S/C17H28N2O7/c1-9(2)13(18-16(23)24-5)14(20)19-8-17(7-12(19)15(21)22)25-10(3)6-11(4)26-17/h9-13H,6-8H2,1-5H3,(H,18,23)(H,21,22)/t10-,11-,12+,13+/m1/s1. The number of alkyl carbamates (subject to hydrolysis) is 1. The van der Waals surface area contributed by atoms with Gasteiger partial charge in [-0.15, -0.1) is 0 Å². The number of rotatable bonds is 4. The molecule has 0 aliphatic carbocycles. The van der Waals surface area contributed by atoms with E-state index in [-0.39, 0.29) is 31.1 Å². The number of hydrogen-bond donors (Lipinski definition) is 2. The number of carbonyl (C=O) groups is 3. The molecule has 2 fully saturated rings. The van der Waals surface area contributed by atoms with E-state index in [4.69, 9.17) is 9.47 Å². The van der Waals surface area contributed by atoms with Crippen molar-refractivity contribution in [1.82, 2.24) is 10.2 Å². The molecule has 0 radical (unpaired) electrons. The van der Waals surface area contributed by atoms with Gasteiger partial charge >= 0.3 is 12.1 Å². The minimum Gasteiger partial charge on any atom is -0.480 e. The minimum absolute atomic E-state index is 0.00352. The maximum atomic E-state index is 13.0. The van der Waals surface area contributed by atoms with E-state index in [9.17, 15) is 19.5 Å². The normalized spacial score (nSPS) is 32.5. The van der Waals surface area contributed by atoms with E-state index in [0.717, 1.165) is 0 Å². The van der Waals surface area contributed by atoms with Crippen LogP contribution in [0.25, 0.3) is 0 Å². The van der Waals surface area contributed by atoms with E-state index < -0.39 is 35.8 Å². The molecule has 4 atom stereocenters. The van der Waals surface area contributed by atoms with Gasteiger partial charge in [0.25, 0.3) is 0 Å². The highest BCUT2D eigenvalue weighted by molar-refractivity contribution is 5.90. The van der Waals surface area contributed by atoms with Crippen LogP contribution in [-0.4, -0.2) is 71.7 Å². The van der Waals surface area contributed by atoms with E-state index >= 15 is 0 Å². The average Bonchev–Trinajstić information content (AvgIpc) is 2.89. The summed E-state index contributed by atoms with van der Waals surface area (Å²) in [5.41, 5.74) is 0. The topological polar surface area (TPSA) is 114 Å². The maximum Gasteiger partial charge on any atom is 0.407 e. The number of ether oxygens (including phenoxy) is 3. The van der Waals surface area contributed by atoms with Gasteiger partial charge in [-0.3, -0.25) is 4.79 Å². The number of nitrogens with one attached hydrogen (secondary N) is 1. The van der Waals surface area contributed by atoms with Gasteiger partial charge in [-0.05, 0) is 26.2 Å². The summed E-state index contributed by atoms with van der Waals surface area (Å²) in [6.45, 7) is 7.33. The highest BCUT2D eigenvalue weighted by Crippen LogP contribution is 2.38. The summed E-state index contributed by atoms with van der Waals surface area (Å²) in [5.74, 6) is -3.01. The van der Waals surface area contributed by atoms with Crippen molar-refractivity contribution < 1.29 is 33.7 Å². The second-order valence-electron chi connectivity index (χ2n) is 7.39. The number of aliphatic carboxylic acids is 1. The van der Waals surface area contributed by atoms with Crippen molar-refractivity contribution in [2.75, 3.05) is 13.7 Å². The number of methoxy groups -OCH3 is 1. The van der Waals surface area contributed by atoms with Gasteiger partial charge in [-0.1, -0.05) is 13.8 Å². The fourth-order valence-electron chi connectivity index (χ4n) is 3.66. The summed E-state index contributed by atoms with van der Waals surface area (Å²) in [7, 11) is 1.20. The molecule has 1 spiro atoms. The Balaban J connectivity index is 2.25. The summed E-state index contributed by atoms with van der Waals surface area (Å²) >= 11 is 0. The van der Waals surface area contributed by atoms with Gasteiger partial charge in [0.05, 0.1) is 25.9 Å². The number of carboxylic acids is 1. The molecule has 0 aromatic rings. The molecule has 9 nitrogen and oxygen atoms in total. The summed E-state index contributed by atoms with van der Waals surface area (Å²) < 4.78 is 16.4. The molecular formula is C17H28N2O7. The van der Waals surface area contributed by atoms with Crippen LogP contribution in [-0.2, 0) is 23.8 Å². The molecule has 2 saturated heterocycles. The molecule has 26 heavy (non-hydrogen) atoms. The third kappa shape index (κ3) is 4.27. The van der Waals surface area contributed by atoms with Crippen molar-refractivity contribution in [2.24, 2.45) is 5.92 Å². The van der Waals surface area contributed by atoms with Crippen LogP contribution in [0.4, 0.5) is 4.79 Å². The molecule has 9 heteroatoms. The molecule has 2 amide bonds. The lowest BCUT2D eigenvalue weighted by Crippen LogP contribution is -2.55. The van der Waals surface area contributed by atoms with Gasteiger partial charge < -0.3 is 29.5 Å². The van der Waals surface area contributed by atoms with Crippen LogP contribution in [0.15, 0.2) is 0 Å². The fraction of sp³-hybridized carbons (Fsp3) is 0.824. The Kier molecular flexibility index (Phi) is 6.13. The predicted molar refractivity (Wildman–Crippen MR) is 90.4 cm³/mol. The summed E-state index contributed by atoms with van der Waals surface area (Å²) in [5, 5.41) is 12.1. The smallest absolute Gasteiger partial charge is 0.407 e. The molecule has 2 aliphatic rings. The Morgan fingerprint density at radius 1 is 1.23 bits per heavy atom. The van der Waals surface area contributed by atoms with Crippen molar-refractivity contribution in [3.63, 3.8) is 0 Å². The van der Waals surface area contributed by atoms with Crippen LogP contribution in [0.1, 0.15) is 40.5 Å². The van der Waals surface area contributed by atoms with Crippen LogP contribution in [0.2, 0.25) is 0 Å². The summed E-state index contributed by atoms with van der Waals surface area (Å²) in [4.78, 5) is 37.6. The first-order chi connectivity index (χ1) is 12.1. The van der Waals surface area contributed by atoms with E-state index in [1.165, 1.54) is 12.0 Å². The fourth-order valence-corrected chi connectivity index (χ4v) is 3.66. The van der Waals surface area contributed by atoms with Crippen LogP contribution in [0.5, 0.6) is 0 Å². The first kappa shape index (κ1) is 20.4. The van der Waals surface area contributed by atoms with Gasteiger partial charge in [0, 0.05) is 6.42 Å². The molecule has 0 aromatic heterocycles. The maximum absolute atomic E-state index is 13.0. The quantitative estimate of drug-likeness (QED) is 0.755. The second kappa shape index (κ2) is 7.79. The molecule has 0 saturated carbocycles. The first-order valence-electron chi connectivity index (χ1n) is 8.82. The molecule has 2 aliphatic heterocycles. The lowest BCUT2D eigenvalue weighted by atomic mass is 10.0. The Morgan fingerprint density at radius 2 is 1.81 bits per heavy atom. The van der Waals surface area contributed by atoms with Crippen molar-refractivity contribution in [3.8, 4) is 0 Å². The number of hydrogen-bond acceptors (Lipinski definition) is 6. The van der Waals surface area contributed by atoms with Crippen molar-refractivity contribution in [2.45, 2.75) is 70.6 Å². The Hall–Kier alpha value is -1.87. The number of carboxylic acid groups (broad SMARTS) is 1. The average molecular weight is 372 g/mol. The molecule has 2 N–H and O–H groups in total. The highest BCUT2D eigenvalue weighted by atomic mass is 16.7. The van der Waals surface area contributed by atoms with Crippen LogP contribution in [0, 0.1) is 5.92 Å². The largest absolute Gasteiger partial charge is 0.480 e. The zero-order valence-electron chi connectivity index (χ0n) is 15.9. The summed E-state index contributed by atoms with van der Waals surface area (Å²) in [6.07, 6.45) is -0.197. The van der Waals surface area contributed by atoms with Crippen molar-refractivity contribution in [1.29, 1.82) is 0 Å². The Labute approximate surface area is 152 Å². The van der Waals surface area contributed by atoms with Gasteiger partial charge in [-0.25, -0.2) is 9.59 Å². The number of carbonyl (C=O) groups excluding carboxylic acids is 2. The zero-order valence-corrected chi connectivity index (χ0v) is 15.9. The van der Waals surface area contributed by atoms with E-state index in [2.05, 4.69) is 10.1 Å². The number of likely N-dealkylation sites (tertiary alicyclic amines) is 1. The molecule has 0 aromatic carbocycles. The summed E-state index contributed by atoms with van der Waals surface area (Å²) in [6, 6.07) is -1.99. The molecule has 0 unspecified atom stereocenters. The third-order valence-electron chi connectivity index (χ3n) is 4.75. The SMILES string of the molecule is COC(=O)N[C@H](C(=O)N1CC2(C[C@H]1C(=O)O)O[C@H](C)C[C@@H](C)O2)C(C)C.